The highest BCUT2D eigenvalue weighted by molar-refractivity contribution is 6.05. The van der Waals surface area contributed by atoms with Gasteiger partial charge < -0.3 is 34.6 Å². The standard InChI is InChI=1S/C37H44N4O7/c1-4-39(5-2)26-16-18-27(19-17-26)40-21-11-20-37-32(31-29(48-37)14-9-10-15-30(43)38-22-24(3)47-36(31)46)34(44)41(33(37)35(40)45)28(23-42)25-12-7-6-8-13-25/h6-9,11-14,16-20,24,28-29,31-33,42H,4-5,10,15,21-23H2,1-3H3,(H,38,43)/b14-9-/t24-,28+,29-,31+,32+,33-,37+/m0/s1. The number of esters is 1. The number of likely N-dealkylation sites (tertiary alicyclic amines) is 1. The summed E-state index contributed by atoms with van der Waals surface area (Å²) in [6, 6.07) is 14.8. The molecule has 254 valence electrons. The van der Waals surface area contributed by atoms with Crippen LogP contribution in [0.3, 0.4) is 0 Å². The number of carbonyl (C=O) groups is 4. The van der Waals surface area contributed by atoms with Gasteiger partial charge in [0.2, 0.25) is 11.8 Å². The zero-order valence-electron chi connectivity index (χ0n) is 27.7. The van der Waals surface area contributed by atoms with Crippen molar-refractivity contribution in [2.75, 3.05) is 42.6 Å². The van der Waals surface area contributed by atoms with E-state index in [-0.39, 0.29) is 31.3 Å². The quantitative estimate of drug-likeness (QED) is 0.344. The molecule has 6 rings (SSSR count). The summed E-state index contributed by atoms with van der Waals surface area (Å²) in [5.41, 5.74) is 0.818. The number of anilines is 2. The number of cyclic esters (lactones) is 1. The van der Waals surface area contributed by atoms with Crippen molar-refractivity contribution in [3.05, 3.63) is 84.5 Å². The Labute approximate surface area is 281 Å². The van der Waals surface area contributed by atoms with E-state index < -0.39 is 60.2 Å². The number of allylic oxidation sites excluding steroid dienone is 1. The second-order valence-electron chi connectivity index (χ2n) is 12.8. The molecule has 2 fully saturated rings. The van der Waals surface area contributed by atoms with Crippen LogP contribution in [0, 0.1) is 11.8 Å². The van der Waals surface area contributed by atoms with Gasteiger partial charge in [-0.15, -0.1) is 0 Å². The lowest BCUT2D eigenvalue weighted by molar-refractivity contribution is -0.159. The van der Waals surface area contributed by atoms with E-state index in [1.807, 2.05) is 60.7 Å². The molecule has 2 saturated heterocycles. The summed E-state index contributed by atoms with van der Waals surface area (Å²) in [4.78, 5) is 61.3. The van der Waals surface area contributed by atoms with Crippen molar-refractivity contribution in [3.63, 3.8) is 0 Å². The lowest BCUT2D eigenvalue weighted by atomic mass is 9.78. The van der Waals surface area contributed by atoms with E-state index in [1.165, 1.54) is 4.90 Å². The highest BCUT2D eigenvalue weighted by atomic mass is 16.6. The summed E-state index contributed by atoms with van der Waals surface area (Å²) >= 11 is 0. The second-order valence-corrected chi connectivity index (χ2v) is 12.8. The number of nitrogens with zero attached hydrogens (tertiary/aromatic N) is 3. The van der Waals surface area contributed by atoms with E-state index in [0.717, 1.165) is 18.8 Å². The molecule has 11 nitrogen and oxygen atoms in total. The molecule has 4 heterocycles. The Hall–Kier alpha value is -4.48. The van der Waals surface area contributed by atoms with Crippen LogP contribution in [0.5, 0.6) is 0 Å². The van der Waals surface area contributed by atoms with Crippen molar-refractivity contribution < 1.29 is 33.8 Å². The molecule has 2 N–H and O–H groups in total. The molecule has 0 aromatic heterocycles. The molecule has 2 aromatic carbocycles. The largest absolute Gasteiger partial charge is 0.460 e. The first-order valence-electron chi connectivity index (χ1n) is 16.9. The van der Waals surface area contributed by atoms with E-state index in [9.17, 15) is 24.3 Å². The van der Waals surface area contributed by atoms with Crippen LogP contribution in [-0.2, 0) is 28.7 Å². The van der Waals surface area contributed by atoms with E-state index in [0.29, 0.717) is 17.7 Å². The first kappa shape index (κ1) is 33.4. The highest BCUT2D eigenvalue weighted by Crippen LogP contribution is 2.55. The Kier molecular flexibility index (Phi) is 9.70. The number of aliphatic hydroxyl groups excluding tert-OH is 1. The van der Waals surface area contributed by atoms with Crippen molar-refractivity contribution in [1.82, 2.24) is 10.2 Å². The maximum atomic E-state index is 15.0. The third kappa shape index (κ3) is 5.90. The number of benzene rings is 2. The van der Waals surface area contributed by atoms with E-state index >= 15 is 0 Å². The fourth-order valence-electron chi connectivity index (χ4n) is 7.63. The number of aliphatic hydroxyl groups is 1. The average Bonchev–Trinajstić information content (AvgIpc) is 3.48. The van der Waals surface area contributed by atoms with Crippen LogP contribution >= 0.6 is 0 Å². The molecule has 11 heteroatoms. The summed E-state index contributed by atoms with van der Waals surface area (Å²) in [7, 11) is 0. The molecule has 7 atom stereocenters. The molecule has 0 bridgehead atoms. The van der Waals surface area contributed by atoms with Crippen molar-refractivity contribution >= 4 is 35.1 Å². The van der Waals surface area contributed by atoms with Gasteiger partial charge in [0.25, 0.3) is 5.91 Å². The van der Waals surface area contributed by atoms with Gasteiger partial charge in [0, 0.05) is 37.4 Å². The number of hydrogen-bond donors (Lipinski definition) is 2. The summed E-state index contributed by atoms with van der Waals surface area (Å²) in [6.07, 6.45) is 6.20. The van der Waals surface area contributed by atoms with Crippen LogP contribution in [0.15, 0.2) is 78.9 Å². The predicted molar refractivity (Wildman–Crippen MR) is 180 cm³/mol. The van der Waals surface area contributed by atoms with Gasteiger partial charge >= 0.3 is 5.97 Å². The maximum absolute atomic E-state index is 15.0. The molecule has 0 radical (unpaired) electrons. The van der Waals surface area contributed by atoms with Crippen LogP contribution in [0.25, 0.3) is 0 Å². The Balaban J connectivity index is 1.46. The molecule has 0 aliphatic carbocycles. The number of fused-ring (bicyclic) bond motifs is 2. The van der Waals surface area contributed by atoms with E-state index in [2.05, 4.69) is 24.1 Å². The van der Waals surface area contributed by atoms with Crippen LogP contribution in [0.1, 0.15) is 45.2 Å². The summed E-state index contributed by atoms with van der Waals surface area (Å²) in [5.74, 6) is -3.81. The van der Waals surface area contributed by atoms with Crippen molar-refractivity contribution in [2.24, 2.45) is 11.8 Å². The topological polar surface area (TPSA) is 129 Å². The summed E-state index contributed by atoms with van der Waals surface area (Å²) in [6.45, 7) is 7.44. The molecular formula is C37H44N4O7. The fourth-order valence-corrected chi connectivity index (χ4v) is 7.63. The first-order chi connectivity index (χ1) is 23.2. The SMILES string of the molecule is CCN(CC)c1ccc(N2CC=C[C@@]34O[C@H]5/C=C\CCC(=O)NC[C@H](C)OC(=O)[C@H]5[C@@H]3C(=O)N([C@H](CO)c3ccccc3)[C@H]4C2=O)cc1. The number of hydrogen-bond acceptors (Lipinski definition) is 8. The molecule has 1 spiro atoms. The lowest BCUT2D eigenvalue weighted by Gasteiger charge is -2.38. The minimum absolute atomic E-state index is 0.131. The van der Waals surface area contributed by atoms with Gasteiger partial charge in [0.1, 0.15) is 23.7 Å². The van der Waals surface area contributed by atoms with Crippen LogP contribution < -0.4 is 15.1 Å². The zero-order chi connectivity index (χ0) is 34.0. The molecule has 48 heavy (non-hydrogen) atoms. The summed E-state index contributed by atoms with van der Waals surface area (Å²) in [5, 5.41) is 13.6. The first-order valence-corrected chi connectivity index (χ1v) is 16.9. The monoisotopic (exact) mass is 656 g/mol. The Morgan fingerprint density at radius 3 is 2.42 bits per heavy atom. The van der Waals surface area contributed by atoms with Crippen LogP contribution in [-0.4, -0.2) is 90.3 Å². The highest BCUT2D eigenvalue weighted by Gasteiger charge is 2.72. The van der Waals surface area contributed by atoms with E-state index in [1.54, 1.807) is 30.1 Å². The number of nitrogens with one attached hydrogen (secondary N) is 1. The summed E-state index contributed by atoms with van der Waals surface area (Å²) < 4.78 is 12.6. The Morgan fingerprint density at radius 1 is 1.00 bits per heavy atom. The van der Waals surface area contributed by atoms with Crippen molar-refractivity contribution in [2.45, 2.75) is 63.5 Å². The minimum atomic E-state index is -1.53. The van der Waals surface area contributed by atoms with Gasteiger partial charge in [-0.2, -0.15) is 0 Å². The molecule has 0 unspecified atom stereocenters. The van der Waals surface area contributed by atoms with Gasteiger partial charge in [-0.1, -0.05) is 54.6 Å². The second kappa shape index (κ2) is 13.9. The van der Waals surface area contributed by atoms with Gasteiger partial charge in [-0.05, 0) is 57.0 Å². The molecule has 4 aliphatic heterocycles. The van der Waals surface area contributed by atoms with Gasteiger partial charge in [0.05, 0.1) is 31.2 Å². The number of carbonyl (C=O) groups excluding carboxylic acids is 4. The molecular weight excluding hydrogens is 612 g/mol. The van der Waals surface area contributed by atoms with Crippen LogP contribution in [0.2, 0.25) is 0 Å². The lowest BCUT2D eigenvalue weighted by Crippen LogP contribution is -2.56. The smallest absolute Gasteiger partial charge is 0.313 e. The normalized spacial score (nSPS) is 30.2. The van der Waals surface area contributed by atoms with Gasteiger partial charge in [0.15, 0.2) is 0 Å². The van der Waals surface area contributed by atoms with E-state index in [4.69, 9.17) is 9.47 Å². The third-order valence-corrected chi connectivity index (χ3v) is 9.95. The maximum Gasteiger partial charge on any atom is 0.313 e. The zero-order valence-corrected chi connectivity index (χ0v) is 27.7. The van der Waals surface area contributed by atoms with Gasteiger partial charge in [-0.25, -0.2) is 0 Å². The molecule has 0 saturated carbocycles. The Bertz CT molecular complexity index is 1570. The third-order valence-electron chi connectivity index (χ3n) is 9.95. The van der Waals surface area contributed by atoms with Crippen LogP contribution in [0.4, 0.5) is 11.4 Å². The fraction of sp³-hybridized carbons (Fsp3) is 0.459. The minimum Gasteiger partial charge on any atom is -0.460 e. The molecule has 3 amide bonds. The predicted octanol–water partition coefficient (Wildman–Crippen LogP) is 3.15. The van der Waals surface area contributed by atoms with Crippen molar-refractivity contribution in [1.29, 1.82) is 0 Å². The number of amides is 3. The molecule has 2 aromatic rings. The molecule has 4 aliphatic rings. The van der Waals surface area contributed by atoms with Gasteiger partial charge in [-0.3, -0.25) is 19.2 Å². The van der Waals surface area contributed by atoms with Crippen molar-refractivity contribution in [3.8, 4) is 0 Å². The number of rotatable bonds is 7. The average molecular weight is 657 g/mol. The number of ether oxygens (including phenoxy) is 2. The Morgan fingerprint density at radius 2 is 1.73 bits per heavy atom.